The molecule has 0 saturated heterocycles. The van der Waals surface area contributed by atoms with Crippen molar-refractivity contribution in [3.63, 3.8) is 0 Å². The first-order valence-electron chi connectivity index (χ1n) is 8.24. The number of rotatable bonds is 5. The monoisotopic (exact) mass is 384 g/mol. The number of benzene rings is 2. The predicted molar refractivity (Wildman–Crippen MR) is 106 cm³/mol. The number of carbonyl (C=O) groups is 1. The number of nitrogens with one attached hydrogen (secondary N) is 2. The van der Waals surface area contributed by atoms with Crippen molar-refractivity contribution in [2.24, 2.45) is 0 Å². The highest BCUT2D eigenvalue weighted by atomic mass is 32.2. The molecule has 0 spiro atoms. The molecule has 27 heavy (non-hydrogen) atoms. The SMILES string of the molecule is Cc1ncn(-c2ccc(NC(=O)c3ccccc3NS(C)(=O)=O)cc2)c1C. The number of imidazole rings is 1. The molecule has 0 aliphatic rings. The molecule has 0 bridgehead atoms. The van der Waals surface area contributed by atoms with Crippen molar-refractivity contribution in [1.82, 2.24) is 9.55 Å². The minimum atomic E-state index is -3.48. The van der Waals surface area contributed by atoms with Crippen LogP contribution in [0.25, 0.3) is 5.69 Å². The highest BCUT2D eigenvalue weighted by Gasteiger charge is 2.14. The number of carbonyl (C=O) groups excluding carboxylic acids is 1. The number of amides is 1. The van der Waals surface area contributed by atoms with Gasteiger partial charge in [-0.05, 0) is 50.2 Å². The molecule has 1 heterocycles. The summed E-state index contributed by atoms with van der Waals surface area (Å²) in [5, 5.41) is 2.78. The highest BCUT2D eigenvalue weighted by molar-refractivity contribution is 7.92. The largest absolute Gasteiger partial charge is 0.322 e. The summed E-state index contributed by atoms with van der Waals surface area (Å²) in [4.78, 5) is 16.9. The predicted octanol–water partition coefficient (Wildman–Crippen LogP) is 3.11. The molecule has 0 atom stereocenters. The second kappa shape index (κ2) is 7.24. The zero-order valence-electron chi connectivity index (χ0n) is 15.2. The van der Waals surface area contributed by atoms with Crippen LogP contribution in [-0.2, 0) is 10.0 Å². The number of aryl methyl sites for hydroxylation is 1. The van der Waals surface area contributed by atoms with E-state index in [1.807, 2.05) is 30.5 Å². The molecule has 0 fully saturated rings. The Morgan fingerprint density at radius 2 is 1.70 bits per heavy atom. The Hall–Kier alpha value is -3.13. The molecule has 2 N–H and O–H groups in total. The molecular weight excluding hydrogens is 364 g/mol. The van der Waals surface area contributed by atoms with E-state index >= 15 is 0 Å². The standard InChI is InChI=1S/C19H20N4O3S/c1-13-14(2)23(12-20-13)16-10-8-15(9-11-16)21-19(24)17-6-4-5-7-18(17)22-27(3,25)26/h4-12,22H,1-3H3,(H,21,24). The topological polar surface area (TPSA) is 93.1 Å². The first-order valence-corrected chi connectivity index (χ1v) is 10.1. The minimum Gasteiger partial charge on any atom is -0.322 e. The Kier molecular flexibility index (Phi) is 5.00. The minimum absolute atomic E-state index is 0.235. The summed E-state index contributed by atoms with van der Waals surface area (Å²) >= 11 is 0. The maximum atomic E-state index is 12.6. The molecule has 7 nitrogen and oxygen atoms in total. The molecule has 0 saturated carbocycles. The lowest BCUT2D eigenvalue weighted by atomic mass is 10.1. The second-order valence-electron chi connectivity index (χ2n) is 6.21. The van der Waals surface area contributed by atoms with Gasteiger partial charge in [-0.1, -0.05) is 12.1 Å². The number of nitrogens with zero attached hydrogens (tertiary/aromatic N) is 2. The smallest absolute Gasteiger partial charge is 0.257 e. The molecule has 2 aromatic carbocycles. The van der Waals surface area contributed by atoms with Gasteiger partial charge in [0.25, 0.3) is 5.91 Å². The summed E-state index contributed by atoms with van der Waals surface area (Å²) in [6, 6.07) is 13.8. The van der Waals surface area contributed by atoms with Gasteiger partial charge >= 0.3 is 0 Å². The van der Waals surface area contributed by atoms with Crippen LogP contribution in [0, 0.1) is 13.8 Å². The van der Waals surface area contributed by atoms with Crippen molar-refractivity contribution in [1.29, 1.82) is 0 Å². The van der Waals surface area contributed by atoms with Crippen molar-refractivity contribution in [3.8, 4) is 5.69 Å². The van der Waals surface area contributed by atoms with E-state index in [2.05, 4.69) is 15.0 Å². The van der Waals surface area contributed by atoms with Crippen molar-refractivity contribution >= 4 is 27.3 Å². The summed E-state index contributed by atoms with van der Waals surface area (Å²) < 4.78 is 27.3. The van der Waals surface area contributed by atoms with E-state index in [9.17, 15) is 13.2 Å². The molecule has 1 aromatic heterocycles. The van der Waals surface area contributed by atoms with Crippen LogP contribution in [0.4, 0.5) is 11.4 Å². The number of hydrogen-bond acceptors (Lipinski definition) is 4. The Labute approximate surface area is 158 Å². The van der Waals surface area contributed by atoms with Crippen molar-refractivity contribution in [2.75, 3.05) is 16.3 Å². The van der Waals surface area contributed by atoms with Gasteiger partial charge < -0.3 is 9.88 Å². The van der Waals surface area contributed by atoms with Crippen LogP contribution in [0.2, 0.25) is 0 Å². The zero-order chi connectivity index (χ0) is 19.6. The first kappa shape index (κ1) is 18.7. The van der Waals surface area contributed by atoms with Crippen LogP contribution in [0.1, 0.15) is 21.7 Å². The van der Waals surface area contributed by atoms with Crippen molar-refractivity contribution in [2.45, 2.75) is 13.8 Å². The van der Waals surface area contributed by atoms with Gasteiger partial charge in [-0.15, -0.1) is 0 Å². The molecule has 8 heteroatoms. The van der Waals surface area contributed by atoms with Gasteiger partial charge in [-0.2, -0.15) is 0 Å². The molecule has 140 valence electrons. The molecule has 0 radical (unpaired) electrons. The zero-order valence-corrected chi connectivity index (χ0v) is 16.0. The van der Waals surface area contributed by atoms with Gasteiger partial charge in [-0.3, -0.25) is 9.52 Å². The van der Waals surface area contributed by atoms with Crippen LogP contribution in [0.3, 0.4) is 0 Å². The van der Waals surface area contributed by atoms with Gasteiger partial charge in [0.1, 0.15) is 0 Å². The van der Waals surface area contributed by atoms with E-state index in [0.29, 0.717) is 5.69 Å². The quantitative estimate of drug-likeness (QED) is 0.707. The normalized spacial score (nSPS) is 11.2. The lowest BCUT2D eigenvalue weighted by Crippen LogP contribution is -2.17. The summed E-state index contributed by atoms with van der Waals surface area (Å²) in [6.07, 6.45) is 2.80. The van der Waals surface area contributed by atoms with Crippen LogP contribution in [-0.4, -0.2) is 30.1 Å². The summed E-state index contributed by atoms with van der Waals surface area (Å²) in [7, 11) is -3.48. The van der Waals surface area contributed by atoms with E-state index in [4.69, 9.17) is 0 Å². The molecule has 1 amide bonds. The van der Waals surface area contributed by atoms with E-state index in [0.717, 1.165) is 23.3 Å². The van der Waals surface area contributed by atoms with Crippen molar-refractivity contribution < 1.29 is 13.2 Å². The van der Waals surface area contributed by atoms with Crippen LogP contribution >= 0.6 is 0 Å². The summed E-state index contributed by atoms with van der Waals surface area (Å²) in [6.45, 7) is 3.94. The number of sulfonamides is 1. The van der Waals surface area contributed by atoms with Gasteiger partial charge in [0.15, 0.2) is 0 Å². The lowest BCUT2D eigenvalue weighted by molar-refractivity contribution is 0.102. The molecule has 3 rings (SSSR count). The lowest BCUT2D eigenvalue weighted by Gasteiger charge is -2.12. The number of anilines is 2. The van der Waals surface area contributed by atoms with Gasteiger partial charge in [-0.25, -0.2) is 13.4 Å². The van der Waals surface area contributed by atoms with Gasteiger partial charge in [0.05, 0.1) is 29.5 Å². The fourth-order valence-electron chi connectivity index (χ4n) is 2.63. The van der Waals surface area contributed by atoms with Gasteiger partial charge in [0.2, 0.25) is 10.0 Å². The first-order chi connectivity index (χ1) is 12.7. The Balaban J connectivity index is 1.80. The molecule has 0 aliphatic heterocycles. The fourth-order valence-corrected chi connectivity index (χ4v) is 3.21. The second-order valence-corrected chi connectivity index (χ2v) is 7.95. The van der Waals surface area contributed by atoms with Crippen LogP contribution < -0.4 is 10.0 Å². The summed E-state index contributed by atoms with van der Waals surface area (Å²) in [5.74, 6) is -0.399. The third-order valence-electron chi connectivity index (χ3n) is 4.12. The number of hydrogen-bond donors (Lipinski definition) is 2. The fraction of sp³-hybridized carbons (Fsp3) is 0.158. The molecule has 0 unspecified atom stereocenters. The Morgan fingerprint density at radius 1 is 1.04 bits per heavy atom. The Bertz CT molecular complexity index is 1090. The maximum absolute atomic E-state index is 12.6. The van der Waals surface area contributed by atoms with Crippen LogP contribution in [0.5, 0.6) is 0 Å². The maximum Gasteiger partial charge on any atom is 0.257 e. The molecular formula is C19H20N4O3S. The Morgan fingerprint density at radius 3 is 2.30 bits per heavy atom. The third-order valence-corrected chi connectivity index (χ3v) is 4.71. The van der Waals surface area contributed by atoms with E-state index in [1.165, 1.54) is 0 Å². The van der Waals surface area contributed by atoms with E-state index in [-0.39, 0.29) is 11.3 Å². The van der Waals surface area contributed by atoms with Gasteiger partial charge in [0, 0.05) is 17.1 Å². The third kappa shape index (κ3) is 4.35. The number of aromatic nitrogens is 2. The highest BCUT2D eigenvalue weighted by Crippen LogP contribution is 2.20. The molecule has 0 aliphatic carbocycles. The average Bonchev–Trinajstić information content (AvgIpc) is 2.94. The summed E-state index contributed by atoms with van der Waals surface area (Å²) in [5.41, 5.74) is 4.03. The van der Waals surface area contributed by atoms with Crippen LogP contribution in [0.15, 0.2) is 54.9 Å². The number of para-hydroxylation sites is 1. The molecule has 3 aromatic rings. The van der Waals surface area contributed by atoms with Crippen molar-refractivity contribution in [3.05, 3.63) is 71.8 Å². The van der Waals surface area contributed by atoms with E-state index in [1.54, 1.807) is 42.7 Å². The average molecular weight is 384 g/mol. The van der Waals surface area contributed by atoms with E-state index < -0.39 is 15.9 Å².